The third kappa shape index (κ3) is 6.57. The molecule has 0 atom stereocenters. The molecule has 0 saturated heterocycles. The molecule has 1 fully saturated rings. The molecule has 1 aliphatic rings. The quantitative estimate of drug-likeness (QED) is 0.843. The summed E-state index contributed by atoms with van der Waals surface area (Å²) in [6.45, 7) is 6.92. The van der Waals surface area contributed by atoms with Gasteiger partial charge in [-0.2, -0.15) is 0 Å². The highest BCUT2D eigenvalue weighted by molar-refractivity contribution is 5.67. The Labute approximate surface area is 122 Å². The number of aliphatic hydroxyl groups excluding tert-OH is 1. The minimum Gasteiger partial charge on any atom is -0.444 e. The summed E-state index contributed by atoms with van der Waals surface area (Å²) in [5.74, 6) is 0.444. The van der Waals surface area contributed by atoms with E-state index in [1.54, 1.807) is 11.9 Å². The van der Waals surface area contributed by atoms with E-state index in [2.05, 4.69) is 0 Å². The van der Waals surface area contributed by atoms with E-state index in [0.717, 1.165) is 25.7 Å². The van der Waals surface area contributed by atoms with Crippen LogP contribution in [0.2, 0.25) is 0 Å². The molecule has 0 aromatic heterocycles. The lowest BCUT2D eigenvalue weighted by molar-refractivity contribution is -0.00555. The maximum atomic E-state index is 11.7. The monoisotopic (exact) mass is 287 g/mol. The molecule has 1 amide bonds. The summed E-state index contributed by atoms with van der Waals surface area (Å²) in [5, 5.41) is 9.08. The second-order valence-corrected chi connectivity index (χ2v) is 6.60. The van der Waals surface area contributed by atoms with Crippen LogP contribution >= 0.6 is 0 Å². The average molecular weight is 287 g/mol. The largest absolute Gasteiger partial charge is 0.444 e. The number of ether oxygens (including phenoxy) is 2. The zero-order valence-corrected chi connectivity index (χ0v) is 13.2. The molecule has 20 heavy (non-hydrogen) atoms. The summed E-state index contributed by atoms with van der Waals surface area (Å²) in [4.78, 5) is 13.3. The van der Waals surface area contributed by atoms with Crippen molar-refractivity contribution in [3.63, 3.8) is 0 Å². The van der Waals surface area contributed by atoms with Gasteiger partial charge in [0.05, 0.1) is 12.7 Å². The van der Waals surface area contributed by atoms with Gasteiger partial charge in [-0.3, -0.25) is 0 Å². The van der Waals surface area contributed by atoms with Crippen LogP contribution in [0.15, 0.2) is 0 Å². The molecular weight excluding hydrogens is 258 g/mol. The topological polar surface area (TPSA) is 59.0 Å². The van der Waals surface area contributed by atoms with Gasteiger partial charge in [0.1, 0.15) is 5.60 Å². The van der Waals surface area contributed by atoms with E-state index < -0.39 is 5.60 Å². The number of nitrogens with zero attached hydrogens (tertiary/aromatic N) is 1. The third-order valence-electron chi connectivity index (χ3n) is 3.54. The highest BCUT2D eigenvalue weighted by atomic mass is 16.6. The van der Waals surface area contributed by atoms with Gasteiger partial charge in [-0.05, 0) is 52.4 Å². The first-order valence-corrected chi connectivity index (χ1v) is 7.48. The van der Waals surface area contributed by atoms with E-state index in [4.69, 9.17) is 14.6 Å². The Morgan fingerprint density at radius 2 is 1.85 bits per heavy atom. The van der Waals surface area contributed by atoms with E-state index in [-0.39, 0.29) is 18.8 Å². The van der Waals surface area contributed by atoms with Crippen molar-refractivity contribution in [2.75, 3.05) is 26.8 Å². The summed E-state index contributed by atoms with van der Waals surface area (Å²) in [7, 11) is 1.72. The molecule has 0 unspecified atom stereocenters. The zero-order valence-electron chi connectivity index (χ0n) is 13.2. The number of aliphatic hydroxyl groups is 1. The van der Waals surface area contributed by atoms with Crippen LogP contribution in [0, 0.1) is 5.92 Å². The van der Waals surface area contributed by atoms with E-state index in [9.17, 15) is 4.79 Å². The fourth-order valence-corrected chi connectivity index (χ4v) is 2.27. The highest BCUT2D eigenvalue weighted by Crippen LogP contribution is 2.25. The maximum Gasteiger partial charge on any atom is 0.410 e. The van der Waals surface area contributed by atoms with Crippen molar-refractivity contribution in [2.45, 2.75) is 58.2 Å². The Kier molecular flexibility index (Phi) is 6.76. The number of rotatable bonds is 5. The minimum atomic E-state index is -0.463. The molecule has 5 heteroatoms. The first kappa shape index (κ1) is 17.2. The van der Waals surface area contributed by atoms with Crippen LogP contribution in [-0.2, 0) is 9.47 Å². The standard InChI is InChI=1S/C15H29NO4/c1-15(2,3)20-14(18)16(4)9-10-19-13-7-5-12(11-17)6-8-13/h12-13,17H,5-11H2,1-4H3. The van der Waals surface area contributed by atoms with Crippen molar-refractivity contribution in [1.82, 2.24) is 4.90 Å². The van der Waals surface area contributed by atoms with Gasteiger partial charge in [0.2, 0.25) is 0 Å². The minimum absolute atomic E-state index is 0.268. The van der Waals surface area contributed by atoms with Crippen LogP contribution in [-0.4, -0.2) is 54.6 Å². The van der Waals surface area contributed by atoms with Crippen LogP contribution in [0.1, 0.15) is 46.5 Å². The molecule has 1 rings (SSSR count). The van der Waals surface area contributed by atoms with Gasteiger partial charge in [0, 0.05) is 20.2 Å². The van der Waals surface area contributed by atoms with E-state index in [1.807, 2.05) is 20.8 Å². The Hall–Kier alpha value is -0.810. The van der Waals surface area contributed by atoms with Gasteiger partial charge in [-0.25, -0.2) is 4.79 Å². The lowest BCUT2D eigenvalue weighted by Gasteiger charge is -2.28. The number of carbonyl (C=O) groups excluding carboxylic acids is 1. The van der Waals surface area contributed by atoms with Crippen LogP contribution in [0.3, 0.4) is 0 Å². The molecule has 0 radical (unpaired) electrons. The van der Waals surface area contributed by atoms with Crippen LogP contribution in [0.25, 0.3) is 0 Å². The van der Waals surface area contributed by atoms with Crippen LogP contribution in [0.5, 0.6) is 0 Å². The fourth-order valence-electron chi connectivity index (χ4n) is 2.27. The molecule has 118 valence electrons. The SMILES string of the molecule is CN(CCOC1CCC(CO)CC1)C(=O)OC(C)(C)C. The summed E-state index contributed by atoms with van der Waals surface area (Å²) in [6.07, 6.45) is 4.02. The Balaban J connectivity index is 2.16. The van der Waals surface area contributed by atoms with Gasteiger partial charge >= 0.3 is 6.09 Å². The second-order valence-electron chi connectivity index (χ2n) is 6.60. The number of carbonyl (C=O) groups is 1. The number of hydrogen-bond acceptors (Lipinski definition) is 4. The Morgan fingerprint density at radius 3 is 2.35 bits per heavy atom. The molecule has 1 saturated carbocycles. The van der Waals surface area contributed by atoms with E-state index in [0.29, 0.717) is 19.1 Å². The first-order valence-electron chi connectivity index (χ1n) is 7.48. The predicted molar refractivity (Wildman–Crippen MR) is 77.6 cm³/mol. The van der Waals surface area contributed by atoms with Gasteiger partial charge in [-0.1, -0.05) is 0 Å². The van der Waals surface area contributed by atoms with Crippen molar-refractivity contribution in [3.8, 4) is 0 Å². The molecule has 1 aliphatic carbocycles. The summed E-state index contributed by atoms with van der Waals surface area (Å²) in [6, 6.07) is 0. The third-order valence-corrected chi connectivity index (χ3v) is 3.54. The molecule has 0 aliphatic heterocycles. The highest BCUT2D eigenvalue weighted by Gasteiger charge is 2.22. The molecule has 0 bridgehead atoms. The molecular formula is C15H29NO4. The van der Waals surface area contributed by atoms with Gasteiger partial charge in [-0.15, -0.1) is 0 Å². The number of amides is 1. The number of likely N-dealkylation sites (N-methyl/N-ethyl adjacent to an activating group) is 1. The molecule has 5 nitrogen and oxygen atoms in total. The summed E-state index contributed by atoms with van der Waals surface area (Å²) >= 11 is 0. The van der Waals surface area contributed by atoms with E-state index in [1.165, 1.54) is 0 Å². The van der Waals surface area contributed by atoms with Crippen LogP contribution < -0.4 is 0 Å². The molecule has 0 aromatic rings. The number of hydrogen-bond donors (Lipinski definition) is 1. The second kappa shape index (κ2) is 7.84. The summed E-state index contributed by atoms with van der Waals surface area (Å²) < 4.78 is 11.1. The predicted octanol–water partition coefficient (Wildman–Crippen LogP) is 2.42. The molecule has 0 aromatic carbocycles. The molecule has 0 heterocycles. The molecule has 1 N–H and O–H groups in total. The van der Waals surface area contributed by atoms with Gasteiger partial charge in [0.25, 0.3) is 0 Å². The summed E-state index contributed by atoms with van der Waals surface area (Å²) in [5.41, 5.74) is -0.463. The van der Waals surface area contributed by atoms with Crippen molar-refractivity contribution in [3.05, 3.63) is 0 Å². The van der Waals surface area contributed by atoms with Crippen molar-refractivity contribution < 1.29 is 19.4 Å². The van der Waals surface area contributed by atoms with Crippen LogP contribution in [0.4, 0.5) is 4.79 Å². The average Bonchev–Trinajstić information content (AvgIpc) is 2.37. The smallest absolute Gasteiger partial charge is 0.410 e. The zero-order chi connectivity index (χ0) is 15.2. The lowest BCUT2D eigenvalue weighted by atomic mass is 9.88. The van der Waals surface area contributed by atoms with Crippen molar-refractivity contribution in [1.29, 1.82) is 0 Å². The lowest BCUT2D eigenvalue weighted by Crippen LogP contribution is -2.36. The fraction of sp³-hybridized carbons (Fsp3) is 0.933. The molecule has 0 spiro atoms. The maximum absolute atomic E-state index is 11.7. The Morgan fingerprint density at radius 1 is 1.25 bits per heavy atom. The van der Waals surface area contributed by atoms with Crippen molar-refractivity contribution in [2.24, 2.45) is 5.92 Å². The Bertz CT molecular complexity index is 293. The van der Waals surface area contributed by atoms with E-state index >= 15 is 0 Å². The van der Waals surface area contributed by atoms with Gasteiger partial charge < -0.3 is 19.5 Å². The van der Waals surface area contributed by atoms with Crippen molar-refractivity contribution >= 4 is 6.09 Å². The van der Waals surface area contributed by atoms with Gasteiger partial charge in [0.15, 0.2) is 0 Å². The normalized spacial score (nSPS) is 23.4. The first-order chi connectivity index (χ1) is 9.31.